The standard InChI is InChI=1S/C12H23F3N2O/c1-4-11(3)9-17(10(2)5-6-16-11)7-8-18-12(13,14)15/h10,16H,4-9H2,1-3H3. The Morgan fingerprint density at radius 1 is 1.44 bits per heavy atom. The first-order valence-corrected chi connectivity index (χ1v) is 6.45. The second-order valence-electron chi connectivity index (χ2n) is 5.24. The van der Waals surface area contributed by atoms with Crippen molar-refractivity contribution in [3.8, 4) is 0 Å². The van der Waals surface area contributed by atoms with Crippen LogP contribution in [-0.4, -0.2) is 49.1 Å². The average Bonchev–Trinajstić information content (AvgIpc) is 2.38. The van der Waals surface area contributed by atoms with Gasteiger partial charge in [0.1, 0.15) is 0 Å². The van der Waals surface area contributed by atoms with Crippen molar-refractivity contribution in [1.29, 1.82) is 0 Å². The van der Waals surface area contributed by atoms with Gasteiger partial charge < -0.3 is 5.32 Å². The Hall–Kier alpha value is -0.330. The second-order valence-corrected chi connectivity index (χ2v) is 5.24. The minimum atomic E-state index is -4.53. The number of nitrogens with zero attached hydrogens (tertiary/aromatic N) is 1. The number of hydrogen-bond acceptors (Lipinski definition) is 3. The molecule has 1 saturated heterocycles. The third-order valence-corrected chi connectivity index (χ3v) is 3.71. The van der Waals surface area contributed by atoms with Gasteiger partial charge in [0.2, 0.25) is 0 Å². The van der Waals surface area contributed by atoms with Crippen molar-refractivity contribution in [2.75, 3.05) is 26.2 Å². The van der Waals surface area contributed by atoms with E-state index >= 15 is 0 Å². The zero-order valence-corrected chi connectivity index (χ0v) is 11.3. The van der Waals surface area contributed by atoms with Crippen molar-refractivity contribution in [2.24, 2.45) is 0 Å². The normalized spacial score (nSPS) is 31.3. The second kappa shape index (κ2) is 6.21. The highest BCUT2D eigenvalue weighted by molar-refractivity contribution is 4.90. The summed E-state index contributed by atoms with van der Waals surface area (Å²) in [5.74, 6) is 0. The highest BCUT2D eigenvalue weighted by atomic mass is 19.4. The van der Waals surface area contributed by atoms with Crippen molar-refractivity contribution >= 4 is 0 Å². The molecule has 2 unspecified atom stereocenters. The zero-order valence-electron chi connectivity index (χ0n) is 11.3. The van der Waals surface area contributed by atoms with Crippen molar-refractivity contribution in [3.63, 3.8) is 0 Å². The smallest absolute Gasteiger partial charge is 0.310 e. The van der Waals surface area contributed by atoms with Gasteiger partial charge in [-0.05, 0) is 33.2 Å². The Labute approximate surface area is 107 Å². The maximum atomic E-state index is 12.0. The van der Waals surface area contributed by atoms with Crippen LogP contribution in [0.4, 0.5) is 13.2 Å². The average molecular weight is 268 g/mol. The Morgan fingerprint density at radius 2 is 2.11 bits per heavy atom. The molecule has 6 heteroatoms. The van der Waals surface area contributed by atoms with Gasteiger partial charge in [-0.25, -0.2) is 0 Å². The monoisotopic (exact) mass is 268 g/mol. The van der Waals surface area contributed by atoms with E-state index < -0.39 is 6.36 Å². The molecule has 0 aromatic rings. The molecule has 1 aliphatic rings. The molecule has 2 atom stereocenters. The van der Waals surface area contributed by atoms with Crippen molar-refractivity contribution in [2.45, 2.75) is 51.6 Å². The number of nitrogens with one attached hydrogen (secondary N) is 1. The lowest BCUT2D eigenvalue weighted by atomic mass is 9.98. The summed E-state index contributed by atoms with van der Waals surface area (Å²) in [7, 11) is 0. The number of halogens is 3. The molecule has 1 fully saturated rings. The number of rotatable bonds is 4. The predicted octanol–water partition coefficient (Wildman–Crippen LogP) is 2.38. The third kappa shape index (κ3) is 5.12. The molecule has 0 radical (unpaired) electrons. The lowest BCUT2D eigenvalue weighted by molar-refractivity contribution is -0.325. The molecule has 0 aromatic carbocycles. The minimum Gasteiger partial charge on any atom is -0.310 e. The summed E-state index contributed by atoms with van der Waals surface area (Å²) < 4.78 is 39.7. The molecule has 3 nitrogen and oxygen atoms in total. The molecule has 0 aromatic heterocycles. The molecule has 0 saturated carbocycles. The first-order valence-electron chi connectivity index (χ1n) is 6.45. The molecule has 1 rings (SSSR count). The van der Waals surface area contributed by atoms with Crippen molar-refractivity contribution < 1.29 is 17.9 Å². The van der Waals surface area contributed by atoms with E-state index in [1.165, 1.54) is 0 Å². The molecule has 0 amide bonds. The van der Waals surface area contributed by atoms with Crippen LogP contribution in [0, 0.1) is 0 Å². The van der Waals surface area contributed by atoms with Gasteiger partial charge >= 0.3 is 6.36 Å². The van der Waals surface area contributed by atoms with Crippen LogP contribution in [0.5, 0.6) is 0 Å². The summed E-state index contributed by atoms with van der Waals surface area (Å²) in [5.41, 5.74) is -0.0248. The fourth-order valence-electron chi connectivity index (χ4n) is 2.24. The Kier molecular flexibility index (Phi) is 5.43. The van der Waals surface area contributed by atoms with E-state index in [1.807, 2.05) is 0 Å². The largest absolute Gasteiger partial charge is 0.522 e. The van der Waals surface area contributed by atoms with Gasteiger partial charge in [0.25, 0.3) is 0 Å². The molecule has 18 heavy (non-hydrogen) atoms. The zero-order chi connectivity index (χ0) is 13.8. The number of hydrogen-bond donors (Lipinski definition) is 1. The van der Waals surface area contributed by atoms with E-state index in [0.29, 0.717) is 6.54 Å². The maximum Gasteiger partial charge on any atom is 0.522 e. The van der Waals surface area contributed by atoms with Gasteiger partial charge in [-0.1, -0.05) is 6.92 Å². The SMILES string of the molecule is CCC1(C)CN(CCOC(F)(F)F)C(C)CCN1. The molecule has 0 bridgehead atoms. The summed E-state index contributed by atoms with van der Waals surface area (Å²) >= 11 is 0. The van der Waals surface area contributed by atoms with E-state index in [1.54, 1.807) is 0 Å². The molecule has 1 heterocycles. The molecule has 0 aliphatic carbocycles. The van der Waals surface area contributed by atoms with E-state index in [2.05, 4.69) is 35.7 Å². The van der Waals surface area contributed by atoms with E-state index in [-0.39, 0.29) is 18.2 Å². The molecule has 1 aliphatic heterocycles. The number of alkyl halides is 3. The van der Waals surface area contributed by atoms with Crippen LogP contribution in [0.1, 0.15) is 33.6 Å². The summed E-state index contributed by atoms with van der Waals surface area (Å²) in [6, 6.07) is 0.280. The molecular weight excluding hydrogens is 245 g/mol. The van der Waals surface area contributed by atoms with Crippen LogP contribution in [0.25, 0.3) is 0 Å². The highest BCUT2D eigenvalue weighted by Gasteiger charge is 2.32. The summed E-state index contributed by atoms with van der Waals surface area (Å²) in [5, 5.41) is 3.47. The van der Waals surface area contributed by atoms with Gasteiger partial charge in [0.05, 0.1) is 6.61 Å². The minimum absolute atomic E-state index is 0.0248. The molecule has 1 N–H and O–H groups in total. The third-order valence-electron chi connectivity index (χ3n) is 3.71. The van der Waals surface area contributed by atoms with Gasteiger partial charge in [-0.2, -0.15) is 0 Å². The van der Waals surface area contributed by atoms with E-state index in [4.69, 9.17) is 0 Å². The van der Waals surface area contributed by atoms with Gasteiger partial charge in [-0.3, -0.25) is 9.64 Å². The fourth-order valence-corrected chi connectivity index (χ4v) is 2.24. The van der Waals surface area contributed by atoms with Gasteiger partial charge in [0, 0.05) is 24.7 Å². The Balaban J connectivity index is 2.50. The van der Waals surface area contributed by atoms with Crippen LogP contribution in [0.3, 0.4) is 0 Å². The van der Waals surface area contributed by atoms with E-state index in [0.717, 1.165) is 25.9 Å². The molecule has 0 spiro atoms. The van der Waals surface area contributed by atoms with Crippen molar-refractivity contribution in [3.05, 3.63) is 0 Å². The summed E-state index contributed by atoms with van der Waals surface area (Å²) in [6.07, 6.45) is -2.63. The lowest BCUT2D eigenvalue weighted by Gasteiger charge is -2.34. The predicted molar refractivity (Wildman–Crippen MR) is 64.4 cm³/mol. The van der Waals surface area contributed by atoms with Crippen LogP contribution in [0.2, 0.25) is 0 Å². The lowest BCUT2D eigenvalue weighted by Crippen LogP contribution is -2.50. The van der Waals surface area contributed by atoms with E-state index in [9.17, 15) is 13.2 Å². The van der Waals surface area contributed by atoms with Crippen LogP contribution < -0.4 is 5.32 Å². The summed E-state index contributed by atoms with van der Waals surface area (Å²) in [4.78, 5) is 2.08. The van der Waals surface area contributed by atoms with Crippen LogP contribution >= 0.6 is 0 Å². The fraction of sp³-hybridized carbons (Fsp3) is 1.00. The van der Waals surface area contributed by atoms with Gasteiger partial charge in [0.15, 0.2) is 0 Å². The quantitative estimate of drug-likeness (QED) is 0.847. The number of ether oxygens (including phenoxy) is 1. The molecular formula is C12H23F3N2O. The Morgan fingerprint density at radius 3 is 2.67 bits per heavy atom. The first kappa shape index (κ1) is 15.7. The molecule has 108 valence electrons. The summed E-state index contributed by atoms with van der Waals surface area (Å²) in [6.45, 7) is 7.94. The van der Waals surface area contributed by atoms with Gasteiger partial charge in [-0.15, -0.1) is 13.2 Å². The van der Waals surface area contributed by atoms with Crippen LogP contribution in [0.15, 0.2) is 0 Å². The van der Waals surface area contributed by atoms with Crippen LogP contribution in [-0.2, 0) is 4.74 Å². The maximum absolute atomic E-state index is 12.0. The topological polar surface area (TPSA) is 24.5 Å². The first-order chi connectivity index (χ1) is 8.26. The van der Waals surface area contributed by atoms with Crippen molar-refractivity contribution in [1.82, 2.24) is 10.2 Å². The highest BCUT2D eigenvalue weighted by Crippen LogP contribution is 2.20. The Bertz CT molecular complexity index is 260.